The number of anilines is 1. The first-order valence-corrected chi connectivity index (χ1v) is 7.68. The Morgan fingerprint density at radius 2 is 2.11 bits per heavy atom. The van der Waals surface area contributed by atoms with Gasteiger partial charge in [0.05, 0.1) is 0 Å². The van der Waals surface area contributed by atoms with Crippen LogP contribution in [0.3, 0.4) is 0 Å². The summed E-state index contributed by atoms with van der Waals surface area (Å²) in [5, 5.41) is 10.9. The molecule has 19 heavy (non-hydrogen) atoms. The Morgan fingerprint density at radius 3 is 2.89 bits per heavy atom. The summed E-state index contributed by atoms with van der Waals surface area (Å²) in [5.41, 5.74) is 0. The van der Waals surface area contributed by atoms with Crippen molar-refractivity contribution in [1.29, 1.82) is 0 Å². The van der Waals surface area contributed by atoms with Crippen LogP contribution >= 0.6 is 0 Å². The molecule has 1 saturated heterocycles. The maximum Gasteiger partial charge on any atom is 0.244 e. The molecule has 5 heteroatoms. The third-order valence-corrected chi connectivity index (χ3v) is 4.53. The van der Waals surface area contributed by atoms with Gasteiger partial charge in [-0.3, -0.25) is 5.10 Å². The second-order valence-corrected chi connectivity index (χ2v) is 6.01. The molecule has 2 fully saturated rings. The summed E-state index contributed by atoms with van der Waals surface area (Å²) in [6, 6.07) is 0. The van der Waals surface area contributed by atoms with Gasteiger partial charge in [-0.25, -0.2) is 0 Å². The van der Waals surface area contributed by atoms with E-state index in [0.29, 0.717) is 5.92 Å². The summed E-state index contributed by atoms with van der Waals surface area (Å²) >= 11 is 0. The highest BCUT2D eigenvalue weighted by atomic mass is 15.4. The predicted octanol–water partition coefficient (Wildman–Crippen LogP) is 1.90. The fourth-order valence-electron chi connectivity index (χ4n) is 3.49. The molecule has 2 heterocycles. The van der Waals surface area contributed by atoms with Gasteiger partial charge in [0.2, 0.25) is 5.95 Å². The van der Waals surface area contributed by atoms with Gasteiger partial charge in [0, 0.05) is 19.0 Å². The van der Waals surface area contributed by atoms with Gasteiger partial charge in [0.25, 0.3) is 0 Å². The normalized spacial score (nSPS) is 25.1. The third kappa shape index (κ3) is 2.91. The Balaban J connectivity index is 1.64. The molecule has 1 aromatic heterocycles. The van der Waals surface area contributed by atoms with Crippen LogP contribution in [0.2, 0.25) is 0 Å². The summed E-state index contributed by atoms with van der Waals surface area (Å²) in [5.74, 6) is 3.39. The number of hydrogen-bond acceptors (Lipinski definition) is 4. The lowest BCUT2D eigenvalue weighted by molar-refractivity contribution is 0.399. The predicted molar refractivity (Wildman–Crippen MR) is 76.5 cm³/mol. The van der Waals surface area contributed by atoms with Gasteiger partial charge in [-0.2, -0.15) is 4.98 Å². The highest BCUT2D eigenvalue weighted by Crippen LogP contribution is 2.32. The lowest BCUT2D eigenvalue weighted by Crippen LogP contribution is -2.39. The topological polar surface area (TPSA) is 56.8 Å². The minimum atomic E-state index is 0.624. The molecule has 1 aliphatic heterocycles. The maximum absolute atomic E-state index is 4.75. The summed E-state index contributed by atoms with van der Waals surface area (Å²) in [6.45, 7) is 3.28. The average Bonchev–Trinajstić information content (AvgIpc) is 3.11. The van der Waals surface area contributed by atoms with Gasteiger partial charge >= 0.3 is 0 Å². The fourth-order valence-corrected chi connectivity index (χ4v) is 3.49. The Kier molecular flexibility index (Phi) is 4.01. The van der Waals surface area contributed by atoms with Crippen molar-refractivity contribution in [3.63, 3.8) is 0 Å². The van der Waals surface area contributed by atoms with Gasteiger partial charge < -0.3 is 10.2 Å². The van der Waals surface area contributed by atoms with Gasteiger partial charge in [0.15, 0.2) is 0 Å². The van der Waals surface area contributed by atoms with E-state index in [0.717, 1.165) is 37.3 Å². The Hall–Kier alpha value is -1.10. The Labute approximate surface area is 115 Å². The summed E-state index contributed by atoms with van der Waals surface area (Å²) in [6.07, 6.45) is 7.80. The number of nitrogens with one attached hydrogen (secondary N) is 2. The minimum Gasteiger partial charge on any atom is -0.339 e. The standard InChI is InChI=1S/C14H25N5/c1-15-9-11-5-4-8-19(10-11)14-16-13(17-18-14)12-6-2-3-7-12/h11-12,15H,2-10H2,1H3,(H,16,17,18). The molecule has 0 radical (unpaired) electrons. The van der Waals surface area contributed by atoms with Crippen LogP contribution in [0.1, 0.15) is 50.3 Å². The molecule has 1 saturated carbocycles. The molecule has 106 valence electrons. The monoisotopic (exact) mass is 263 g/mol. The molecule has 0 amide bonds. The molecule has 5 nitrogen and oxygen atoms in total. The van der Waals surface area contributed by atoms with E-state index < -0.39 is 0 Å². The molecule has 1 aromatic rings. The van der Waals surface area contributed by atoms with Crippen molar-refractivity contribution in [1.82, 2.24) is 20.5 Å². The van der Waals surface area contributed by atoms with Crippen LogP contribution < -0.4 is 10.2 Å². The SMILES string of the molecule is CNCC1CCCN(c2n[nH]c(C3CCCC3)n2)C1. The van der Waals surface area contributed by atoms with E-state index in [1.165, 1.54) is 38.5 Å². The van der Waals surface area contributed by atoms with E-state index in [1.54, 1.807) is 0 Å². The average molecular weight is 263 g/mol. The second kappa shape index (κ2) is 5.90. The number of hydrogen-bond donors (Lipinski definition) is 2. The van der Waals surface area contributed by atoms with Crippen LogP contribution in [0.15, 0.2) is 0 Å². The molecule has 1 atom stereocenters. The largest absolute Gasteiger partial charge is 0.339 e. The highest BCUT2D eigenvalue weighted by Gasteiger charge is 2.25. The van der Waals surface area contributed by atoms with Crippen LogP contribution in [0, 0.1) is 5.92 Å². The number of aromatic nitrogens is 3. The third-order valence-electron chi connectivity index (χ3n) is 4.53. The van der Waals surface area contributed by atoms with Crippen molar-refractivity contribution in [2.24, 2.45) is 5.92 Å². The Bertz CT molecular complexity index is 394. The molecule has 0 aromatic carbocycles. The minimum absolute atomic E-state index is 0.624. The first-order chi connectivity index (χ1) is 9.36. The molecular formula is C14H25N5. The smallest absolute Gasteiger partial charge is 0.244 e. The van der Waals surface area contributed by atoms with Crippen LogP contribution in [0.5, 0.6) is 0 Å². The van der Waals surface area contributed by atoms with E-state index >= 15 is 0 Å². The molecule has 0 spiro atoms. The van der Waals surface area contributed by atoms with Crippen molar-refractivity contribution < 1.29 is 0 Å². The van der Waals surface area contributed by atoms with Crippen LogP contribution in [0.4, 0.5) is 5.95 Å². The van der Waals surface area contributed by atoms with E-state index in [4.69, 9.17) is 4.98 Å². The van der Waals surface area contributed by atoms with Gasteiger partial charge in [0.1, 0.15) is 5.82 Å². The zero-order valence-corrected chi connectivity index (χ0v) is 11.9. The van der Waals surface area contributed by atoms with Gasteiger partial charge in [-0.05, 0) is 45.2 Å². The quantitative estimate of drug-likeness (QED) is 0.871. The van der Waals surface area contributed by atoms with E-state index in [2.05, 4.69) is 20.4 Å². The van der Waals surface area contributed by atoms with E-state index in [1.807, 2.05) is 7.05 Å². The summed E-state index contributed by atoms with van der Waals surface area (Å²) in [7, 11) is 2.03. The summed E-state index contributed by atoms with van der Waals surface area (Å²) < 4.78 is 0. The number of aromatic amines is 1. The molecule has 2 aliphatic rings. The number of piperidine rings is 1. The first kappa shape index (κ1) is 12.9. The lowest BCUT2D eigenvalue weighted by Gasteiger charge is -2.31. The molecule has 0 bridgehead atoms. The van der Waals surface area contributed by atoms with E-state index in [-0.39, 0.29) is 0 Å². The Morgan fingerprint density at radius 1 is 1.26 bits per heavy atom. The van der Waals surface area contributed by atoms with Crippen LogP contribution in [-0.4, -0.2) is 41.9 Å². The lowest BCUT2D eigenvalue weighted by atomic mass is 9.98. The van der Waals surface area contributed by atoms with Gasteiger partial charge in [-0.1, -0.05) is 12.8 Å². The van der Waals surface area contributed by atoms with Crippen LogP contribution in [-0.2, 0) is 0 Å². The first-order valence-electron chi connectivity index (χ1n) is 7.68. The molecule has 1 unspecified atom stereocenters. The number of nitrogens with zero attached hydrogens (tertiary/aromatic N) is 3. The zero-order valence-electron chi connectivity index (χ0n) is 11.9. The number of H-pyrrole nitrogens is 1. The molecule has 1 aliphatic carbocycles. The molecule has 2 N–H and O–H groups in total. The second-order valence-electron chi connectivity index (χ2n) is 6.01. The van der Waals surface area contributed by atoms with Crippen molar-refractivity contribution in [3.8, 4) is 0 Å². The maximum atomic E-state index is 4.75. The van der Waals surface area contributed by atoms with Crippen molar-refractivity contribution in [2.75, 3.05) is 31.6 Å². The molecular weight excluding hydrogens is 238 g/mol. The van der Waals surface area contributed by atoms with E-state index in [9.17, 15) is 0 Å². The fraction of sp³-hybridized carbons (Fsp3) is 0.857. The van der Waals surface area contributed by atoms with Crippen molar-refractivity contribution in [2.45, 2.75) is 44.4 Å². The van der Waals surface area contributed by atoms with Crippen molar-refractivity contribution >= 4 is 5.95 Å². The highest BCUT2D eigenvalue weighted by molar-refractivity contribution is 5.30. The summed E-state index contributed by atoms with van der Waals surface area (Å²) in [4.78, 5) is 7.10. The van der Waals surface area contributed by atoms with Gasteiger partial charge in [-0.15, -0.1) is 5.10 Å². The number of rotatable bonds is 4. The zero-order chi connectivity index (χ0) is 13.1. The van der Waals surface area contributed by atoms with Crippen LogP contribution in [0.25, 0.3) is 0 Å². The molecule has 3 rings (SSSR count). The van der Waals surface area contributed by atoms with Crippen molar-refractivity contribution in [3.05, 3.63) is 5.82 Å².